The Morgan fingerprint density at radius 2 is 1.31 bits per heavy atom. The fourth-order valence-electron chi connectivity index (χ4n) is 5.18. The number of benzene rings is 2. The highest BCUT2D eigenvalue weighted by molar-refractivity contribution is 7.89. The quantitative estimate of drug-likeness (QED) is 0.179. The van der Waals surface area contributed by atoms with Gasteiger partial charge in [0.15, 0.2) is 4.90 Å². The van der Waals surface area contributed by atoms with Gasteiger partial charge in [-0.25, -0.2) is 13.2 Å². The van der Waals surface area contributed by atoms with Crippen LogP contribution in [0, 0.1) is 22.0 Å². The molecule has 0 spiro atoms. The standard InChI is InChI=1S/C32H46N4O8S/c1-21(2)27(29(37)33(8)25(31(39)44-32(5,6)7)20-23-16-12-11-13-17-23)34(9)30(38)28(22(3)4)35(10)45(42,43)26-19-15-14-18-24(26)36(40)41/h11-19,21-22,25,27-28H,20H2,1-10H3/t25-,27-,28-/m0/s1. The summed E-state index contributed by atoms with van der Waals surface area (Å²) >= 11 is 0. The lowest BCUT2D eigenvalue weighted by Crippen LogP contribution is -2.59. The molecule has 45 heavy (non-hydrogen) atoms. The molecular formula is C32H46N4O8S. The molecule has 0 bridgehead atoms. The molecule has 0 fully saturated rings. The van der Waals surface area contributed by atoms with Crippen LogP contribution in [-0.4, -0.2) is 90.1 Å². The molecule has 248 valence electrons. The number of rotatable bonds is 13. The van der Waals surface area contributed by atoms with Gasteiger partial charge in [-0.05, 0) is 44.2 Å². The number of carbonyl (C=O) groups excluding carboxylic acids is 3. The van der Waals surface area contributed by atoms with Gasteiger partial charge < -0.3 is 14.5 Å². The summed E-state index contributed by atoms with van der Waals surface area (Å²) in [4.78, 5) is 54.4. The predicted molar refractivity (Wildman–Crippen MR) is 171 cm³/mol. The van der Waals surface area contributed by atoms with Crippen molar-refractivity contribution in [1.29, 1.82) is 0 Å². The van der Waals surface area contributed by atoms with Gasteiger partial charge in [-0.1, -0.05) is 70.2 Å². The number of para-hydroxylation sites is 1. The Labute approximate surface area is 266 Å². The first-order chi connectivity index (χ1) is 20.7. The maximum absolute atomic E-state index is 14.2. The zero-order valence-corrected chi connectivity index (χ0v) is 28.6. The van der Waals surface area contributed by atoms with Gasteiger partial charge in [-0.15, -0.1) is 0 Å². The summed E-state index contributed by atoms with van der Waals surface area (Å²) in [6, 6.07) is 10.7. The minimum Gasteiger partial charge on any atom is -0.458 e. The minimum atomic E-state index is -4.51. The maximum atomic E-state index is 14.2. The van der Waals surface area contributed by atoms with E-state index in [1.54, 1.807) is 48.5 Å². The monoisotopic (exact) mass is 646 g/mol. The molecule has 13 heteroatoms. The molecule has 0 aliphatic carbocycles. The summed E-state index contributed by atoms with van der Waals surface area (Å²) in [6.45, 7) is 12.0. The average Bonchev–Trinajstić information content (AvgIpc) is 2.94. The number of nitro benzene ring substituents is 1. The summed E-state index contributed by atoms with van der Waals surface area (Å²) < 4.78 is 33.8. The number of amides is 2. The van der Waals surface area contributed by atoms with Gasteiger partial charge in [0.2, 0.25) is 21.8 Å². The summed E-state index contributed by atoms with van der Waals surface area (Å²) in [5.41, 5.74) is -0.620. The third-order valence-corrected chi connectivity index (χ3v) is 9.30. The molecule has 3 atom stereocenters. The third-order valence-electron chi connectivity index (χ3n) is 7.41. The van der Waals surface area contributed by atoms with E-state index in [0.717, 1.165) is 22.0 Å². The number of ether oxygens (including phenoxy) is 1. The van der Waals surface area contributed by atoms with E-state index in [0.29, 0.717) is 0 Å². The SMILES string of the molecule is CC(C)[C@@H](C(=O)N(C)[C@@H](Cc1ccccc1)C(=O)OC(C)(C)C)N(C)C(=O)[C@H](C(C)C)N(C)S(=O)(=O)c1ccccc1[N+](=O)[O-]. The highest BCUT2D eigenvalue weighted by Gasteiger charge is 2.43. The van der Waals surface area contributed by atoms with Gasteiger partial charge >= 0.3 is 5.97 Å². The molecule has 2 aromatic rings. The number of sulfonamides is 1. The number of hydrogen-bond acceptors (Lipinski definition) is 8. The zero-order chi connectivity index (χ0) is 34.4. The van der Waals surface area contributed by atoms with Crippen LogP contribution in [0.3, 0.4) is 0 Å². The molecule has 0 aromatic heterocycles. The van der Waals surface area contributed by atoms with Crippen LogP contribution in [0.15, 0.2) is 59.5 Å². The Balaban J connectivity index is 2.50. The summed E-state index contributed by atoms with van der Waals surface area (Å²) in [5, 5.41) is 11.6. The molecule has 0 aliphatic heterocycles. The van der Waals surface area contributed by atoms with E-state index in [4.69, 9.17) is 4.74 Å². The number of hydrogen-bond donors (Lipinski definition) is 0. The van der Waals surface area contributed by atoms with Gasteiger partial charge in [0, 0.05) is 33.6 Å². The Bertz CT molecular complexity index is 1470. The Hall–Kier alpha value is -3.84. The molecule has 12 nitrogen and oxygen atoms in total. The van der Waals surface area contributed by atoms with E-state index in [1.807, 2.05) is 30.3 Å². The van der Waals surface area contributed by atoms with E-state index in [1.165, 1.54) is 43.1 Å². The molecule has 0 unspecified atom stereocenters. The van der Waals surface area contributed by atoms with Crippen LogP contribution >= 0.6 is 0 Å². The van der Waals surface area contributed by atoms with Gasteiger partial charge in [0.25, 0.3) is 5.69 Å². The number of carbonyl (C=O) groups is 3. The average molecular weight is 647 g/mol. The fraction of sp³-hybridized carbons (Fsp3) is 0.531. The topological polar surface area (TPSA) is 147 Å². The second-order valence-corrected chi connectivity index (χ2v) is 14.7. The molecule has 0 N–H and O–H groups in total. The highest BCUT2D eigenvalue weighted by Crippen LogP contribution is 2.29. The van der Waals surface area contributed by atoms with Crippen LogP contribution in [0.5, 0.6) is 0 Å². The second kappa shape index (κ2) is 15.0. The van der Waals surface area contributed by atoms with Crippen molar-refractivity contribution in [3.8, 4) is 0 Å². The van der Waals surface area contributed by atoms with Crippen molar-refractivity contribution in [2.75, 3.05) is 21.1 Å². The molecular weight excluding hydrogens is 600 g/mol. The number of likely N-dealkylation sites (N-methyl/N-ethyl adjacent to an activating group) is 3. The molecule has 2 amide bonds. The zero-order valence-electron chi connectivity index (χ0n) is 27.8. The number of nitrogens with zero attached hydrogens (tertiary/aromatic N) is 4. The van der Waals surface area contributed by atoms with E-state index in [2.05, 4.69) is 0 Å². The smallest absolute Gasteiger partial charge is 0.329 e. The largest absolute Gasteiger partial charge is 0.458 e. The molecule has 2 aromatic carbocycles. The first-order valence-corrected chi connectivity index (χ1v) is 16.2. The van der Waals surface area contributed by atoms with Gasteiger partial charge in [0.1, 0.15) is 23.7 Å². The first-order valence-electron chi connectivity index (χ1n) is 14.7. The highest BCUT2D eigenvalue weighted by atomic mass is 32.2. The lowest BCUT2D eigenvalue weighted by atomic mass is 9.96. The van der Waals surface area contributed by atoms with Crippen LogP contribution < -0.4 is 0 Å². The van der Waals surface area contributed by atoms with E-state index in [9.17, 15) is 32.9 Å². The van der Waals surface area contributed by atoms with Crippen LogP contribution in [0.4, 0.5) is 5.69 Å². The van der Waals surface area contributed by atoms with Gasteiger partial charge in [0.05, 0.1) is 4.92 Å². The van der Waals surface area contributed by atoms with E-state index in [-0.39, 0.29) is 6.42 Å². The molecule has 0 radical (unpaired) electrons. The Morgan fingerprint density at radius 1 is 0.822 bits per heavy atom. The van der Waals surface area contributed by atoms with Crippen molar-refractivity contribution >= 4 is 33.5 Å². The van der Waals surface area contributed by atoms with Crippen LogP contribution in [0.1, 0.15) is 54.0 Å². The van der Waals surface area contributed by atoms with Crippen molar-refractivity contribution in [3.05, 3.63) is 70.3 Å². The van der Waals surface area contributed by atoms with Crippen LogP contribution in [0.2, 0.25) is 0 Å². The van der Waals surface area contributed by atoms with Crippen molar-refractivity contribution in [1.82, 2.24) is 14.1 Å². The molecule has 2 rings (SSSR count). The fourth-order valence-corrected chi connectivity index (χ4v) is 6.78. The van der Waals surface area contributed by atoms with Crippen molar-refractivity contribution in [2.24, 2.45) is 11.8 Å². The molecule has 0 aliphatic rings. The van der Waals surface area contributed by atoms with E-state index < -0.39 is 78.9 Å². The molecule has 0 saturated carbocycles. The summed E-state index contributed by atoms with van der Waals surface area (Å²) in [5.74, 6) is -2.81. The minimum absolute atomic E-state index is 0.173. The number of nitro groups is 1. The van der Waals surface area contributed by atoms with Crippen LogP contribution in [-0.2, 0) is 35.6 Å². The van der Waals surface area contributed by atoms with Crippen molar-refractivity contribution in [2.45, 2.75) is 83.5 Å². The maximum Gasteiger partial charge on any atom is 0.329 e. The normalized spacial score (nSPS) is 14.2. The number of esters is 1. The summed E-state index contributed by atoms with van der Waals surface area (Å²) in [6.07, 6.45) is 0.173. The Kier molecular flexibility index (Phi) is 12.4. The lowest BCUT2D eigenvalue weighted by molar-refractivity contribution is -0.387. The van der Waals surface area contributed by atoms with Crippen molar-refractivity contribution < 1.29 is 32.5 Å². The van der Waals surface area contributed by atoms with E-state index >= 15 is 0 Å². The van der Waals surface area contributed by atoms with Gasteiger partial charge in [-0.3, -0.25) is 19.7 Å². The van der Waals surface area contributed by atoms with Crippen molar-refractivity contribution in [3.63, 3.8) is 0 Å². The van der Waals surface area contributed by atoms with Gasteiger partial charge in [-0.2, -0.15) is 4.31 Å². The third kappa shape index (κ3) is 9.10. The lowest BCUT2D eigenvalue weighted by Gasteiger charge is -2.39. The Morgan fingerprint density at radius 3 is 1.80 bits per heavy atom. The molecule has 0 saturated heterocycles. The summed E-state index contributed by atoms with van der Waals surface area (Å²) in [7, 11) is -0.415. The van der Waals surface area contributed by atoms with Crippen LogP contribution in [0.25, 0.3) is 0 Å². The molecule has 0 heterocycles. The predicted octanol–water partition coefficient (Wildman–Crippen LogP) is 4.13. The first kappa shape index (κ1) is 37.3. The second-order valence-electron chi connectivity index (χ2n) is 12.8.